The van der Waals surface area contributed by atoms with Crippen LogP contribution in [-0.2, 0) is 11.2 Å². The van der Waals surface area contributed by atoms with E-state index in [1.165, 1.54) is 24.4 Å². The van der Waals surface area contributed by atoms with Crippen LogP contribution in [0.15, 0.2) is 53.1 Å². The van der Waals surface area contributed by atoms with Gasteiger partial charge in [0.1, 0.15) is 17.4 Å². The van der Waals surface area contributed by atoms with Gasteiger partial charge in [0.2, 0.25) is 5.91 Å². The summed E-state index contributed by atoms with van der Waals surface area (Å²) in [5, 5.41) is 2.71. The molecule has 0 fully saturated rings. The van der Waals surface area contributed by atoms with Crippen LogP contribution < -0.4 is 10.1 Å². The standard InChI is InChI=1S/C21H17F5N2O3/c1-12(13-2-5-15(6-3-13)31-21(24,25)26)28-19(29)8-9-20-27-11-18(30-20)16-7-4-14(22)10-17(16)23/h2-7,10-12H,8-9H2,1H3,(H,28,29)/t12-/m0/s1. The number of aryl methyl sites for hydroxylation is 1. The van der Waals surface area contributed by atoms with Crippen LogP contribution in [0.3, 0.4) is 0 Å². The molecule has 10 heteroatoms. The normalized spacial score (nSPS) is 12.5. The smallest absolute Gasteiger partial charge is 0.441 e. The Bertz CT molecular complexity index is 1050. The minimum atomic E-state index is -4.77. The van der Waals surface area contributed by atoms with Crippen molar-refractivity contribution < 1.29 is 35.9 Å². The number of nitrogens with one attached hydrogen (secondary N) is 1. The SMILES string of the molecule is C[C@H](NC(=O)CCc1ncc(-c2ccc(F)cc2F)o1)c1ccc(OC(F)(F)F)cc1. The third-order valence-electron chi connectivity index (χ3n) is 4.31. The quantitative estimate of drug-likeness (QED) is 0.505. The van der Waals surface area contributed by atoms with E-state index < -0.39 is 24.0 Å². The zero-order valence-electron chi connectivity index (χ0n) is 16.2. The summed E-state index contributed by atoms with van der Waals surface area (Å²) >= 11 is 0. The predicted octanol–water partition coefficient (Wildman–Crippen LogP) is 5.33. The van der Waals surface area contributed by atoms with Gasteiger partial charge in [-0.25, -0.2) is 13.8 Å². The first-order valence-corrected chi connectivity index (χ1v) is 9.16. The average molecular weight is 440 g/mol. The molecule has 1 amide bonds. The molecule has 0 aliphatic carbocycles. The summed E-state index contributed by atoms with van der Waals surface area (Å²) in [5.74, 6) is -1.88. The number of benzene rings is 2. The van der Waals surface area contributed by atoms with E-state index in [9.17, 15) is 26.7 Å². The second-order valence-corrected chi connectivity index (χ2v) is 6.65. The number of aromatic nitrogens is 1. The third kappa shape index (κ3) is 6.27. The molecule has 1 heterocycles. The summed E-state index contributed by atoms with van der Waals surface area (Å²) in [6.07, 6.45) is -3.33. The van der Waals surface area contributed by atoms with Gasteiger partial charge < -0.3 is 14.5 Å². The molecule has 2 aromatic carbocycles. The van der Waals surface area contributed by atoms with Gasteiger partial charge in [-0.3, -0.25) is 4.79 Å². The molecule has 0 aliphatic rings. The lowest BCUT2D eigenvalue weighted by atomic mass is 10.1. The van der Waals surface area contributed by atoms with Crippen molar-refractivity contribution in [3.05, 3.63) is 71.8 Å². The fourth-order valence-electron chi connectivity index (χ4n) is 2.82. The van der Waals surface area contributed by atoms with Crippen LogP contribution in [0, 0.1) is 11.6 Å². The number of carbonyl (C=O) groups excluding carboxylic acids is 1. The third-order valence-corrected chi connectivity index (χ3v) is 4.31. The van der Waals surface area contributed by atoms with E-state index in [1.807, 2.05) is 0 Å². The van der Waals surface area contributed by atoms with E-state index in [0.717, 1.165) is 24.3 Å². The highest BCUT2D eigenvalue weighted by molar-refractivity contribution is 5.76. The molecule has 164 valence electrons. The number of hydrogen-bond donors (Lipinski definition) is 1. The van der Waals surface area contributed by atoms with Crippen molar-refractivity contribution in [2.45, 2.75) is 32.2 Å². The first-order valence-electron chi connectivity index (χ1n) is 9.16. The molecule has 3 rings (SSSR count). The molecule has 3 aromatic rings. The van der Waals surface area contributed by atoms with Crippen LogP contribution >= 0.6 is 0 Å². The number of amides is 1. The van der Waals surface area contributed by atoms with Crippen molar-refractivity contribution in [1.29, 1.82) is 0 Å². The van der Waals surface area contributed by atoms with Gasteiger partial charge in [-0.15, -0.1) is 13.2 Å². The van der Waals surface area contributed by atoms with E-state index >= 15 is 0 Å². The van der Waals surface area contributed by atoms with Gasteiger partial charge in [0, 0.05) is 18.9 Å². The Kier molecular flexibility index (Phi) is 6.57. The summed E-state index contributed by atoms with van der Waals surface area (Å²) in [6.45, 7) is 1.68. The van der Waals surface area contributed by atoms with Crippen molar-refractivity contribution in [1.82, 2.24) is 10.3 Å². The number of alkyl halides is 3. The Morgan fingerprint density at radius 3 is 2.52 bits per heavy atom. The highest BCUT2D eigenvalue weighted by atomic mass is 19.4. The van der Waals surface area contributed by atoms with E-state index in [0.29, 0.717) is 5.56 Å². The van der Waals surface area contributed by atoms with Gasteiger partial charge in [0.05, 0.1) is 17.8 Å². The molecular weight excluding hydrogens is 423 g/mol. The fraction of sp³-hybridized carbons (Fsp3) is 0.238. The Labute approximate surface area is 173 Å². The molecule has 1 N–H and O–H groups in total. The molecule has 5 nitrogen and oxygen atoms in total. The number of carbonyl (C=O) groups is 1. The molecule has 0 bridgehead atoms. The molecule has 0 unspecified atom stereocenters. The molecule has 31 heavy (non-hydrogen) atoms. The van der Waals surface area contributed by atoms with Crippen LogP contribution in [0.4, 0.5) is 22.0 Å². The molecule has 0 aliphatic heterocycles. The van der Waals surface area contributed by atoms with Gasteiger partial charge in [-0.05, 0) is 36.8 Å². The maximum absolute atomic E-state index is 13.8. The summed E-state index contributed by atoms with van der Waals surface area (Å²) in [7, 11) is 0. The van der Waals surface area contributed by atoms with Gasteiger partial charge in [0.15, 0.2) is 11.7 Å². The number of ether oxygens (including phenoxy) is 1. The van der Waals surface area contributed by atoms with Gasteiger partial charge in [-0.1, -0.05) is 12.1 Å². The molecule has 0 saturated heterocycles. The van der Waals surface area contributed by atoms with Gasteiger partial charge >= 0.3 is 6.36 Å². The zero-order chi connectivity index (χ0) is 22.6. The lowest BCUT2D eigenvalue weighted by molar-refractivity contribution is -0.274. The van der Waals surface area contributed by atoms with E-state index in [2.05, 4.69) is 15.0 Å². The topological polar surface area (TPSA) is 64.4 Å². The molecule has 1 atom stereocenters. The second kappa shape index (κ2) is 9.15. The number of halogens is 5. The monoisotopic (exact) mass is 440 g/mol. The average Bonchev–Trinajstić information content (AvgIpc) is 3.14. The summed E-state index contributed by atoms with van der Waals surface area (Å²) < 4.78 is 72.7. The molecular formula is C21H17F5N2O3. The number of rotatable bonds is 7. The van der Waals surface area contributed by atoms with Crippen molar-refractivity contribution >= 4 is 5.91 Å². The molecule has 0 spiro atoms. The van der Waals surface area contributed by atoms with Crippen molar-refractivity contribution in [3.63, 3.8) is 0 Å². The zero-order valence-corrected chi connectivity index (χ0v) is 16.2. The van der Waals surface area contributed by atoms with Crippen molar-refractivity contribution in [2.24, 2.45) is 0 Å². The maximum atomic E-state index is 13.8. The van der Waals surface area contributed by atoms with Crippen LogP contribution in [0.2, 0.25) is 0 Å². The second-order valence-electron chi connectivity index (χ2n) is 6.65. The van der Waals surface area contributed by atoms with Crippen LogP contribution in [0.25, 0.3) is 11.3 Å². The van der Waals surface area contributed by atoms with Gasteiger partial charge in [0.25, 0.3) is 0 Å². The Morgan fingerprint density at radius 1 is 1.16 bits per heavy atom. The van der Waals surface area contributed by atoms with Crippen LogP contribution in [-0.4, -0.2) is 17.3 Å². The number of nitrogens with zero attached hydrogens (tertiary/aromatic N) is 1. The number of oxazole rings is 1. The summed E-state index contributed by atoms with van der Waals surface area (Å²) in [4.78, 5) is 16.2. The number of hydrogen-bond acceptors (Lipinski definition) is 4. The first kappa shape index (κ1) is 22.3. The van der Waals surface area contributed by atoms with Crippen molar-refractivity contribution in [3.8, 4) is 17.1 Å². The summed E-state index contributed by atoms with van der Waals surface area (Å²) in [6, 6.07) is 7.76. The largest absolute Gasteiger partial charge is 0.573 e. The minimum Gasteiger partial charge on any atom is -0.441 e. The molecule has 0 radical (unpaired) electrons. The minimum absolute atomic E-state index is 0.0193. The molecule has 1 aromatic heterocycles. The fourth-order valence-corrected chi connectivity index (χ4v) is 2.82. The lowest BCUT2D eigenvalue weighted by Gasteiger charge is -2.15. The first-order chi connectivity index (χ1) is 14.6. The van der Waals surface area contributed by atoms with E-state index in [-0.39, 0.29) is 41.7 Å². The lowest BCUT2D eigenvalue weighted by Crippen LogP contribution is -2.26. The van der Waals surface area contributed by atoms with Crippen LogP contribution in [0.1, 0.15) is 30.8 Å². The van der Waals surface area contributed by atoms with Crippen molar-refractivity contribution in [2.75, 3.05) is 0 Å². The predicted molar refractivity (Wildman–Crippen MR) is 99.9 cm³/mol. The maximum Gasteiger partial charge on any atom is 0.573 e. The van der Waals surface area contributed by atoms with Gasteiger partial charge in [-0.2, -0.15) is 0 Å². The Balaban J connectivity index is 1.53. The van der Waals surface area contributed by atoms with E-state index in [4.69, 9.17) is 4.42 Å². The Hall–Kier alpha value is -3.43. The Morgan fingerprint density at radius 2 is 1.87 bits per heavy atom. The molecule has 0 saturated carbocycles. The summed E-state index contributed by atoms with van der Waals surface area (Å²) in [5.41, 5.74) is 0.643. The highest BCUT2D eigenvalue weighted by Crippen LogP contribution is 2.26. The van der Waals surface area contributed by atoms with Crippen LogP contribution in [0.5, 0.6) is 5.75 Å². The van der Waals surface area contributed by atoms with E-state index in [1.54, 1.807) is 6.92 Å². The highest BCUT2D eigenvalue weighted by Gasteiger charge is 2.31.